The van der Waals surface area contributed by atoms with E-state index in [-0.39, 0.29) is 6.17 Å². The summed E-state index contributed by atoms with van der Waals surface area (Å²) < 4.78 is 2.39. The third kappa shape index (κ3) is 2.82. The fourth-order valence-corrected chi connectivity index (χ4v) is 5.15. The molecule has 0 fully saturated rings. The molecule has 0 amide bonds. The van der Waals surface area contributed by atoms with Gasteiger partial charge >= 0.3 is 0 Å². The average molecular weight is 439 g/mol. The van der Waals surface area contributed by atoms with Crippen LogP contribution in [-0.4, -0.2) is 9.55 Å². The van der Waals surface area contributed by atoms with E-state index in [2.05, 4.69) is 106 Å². The number of hydrogen-bond acceptors (Lipinski definition) is 3. The molecule has 7 rings (SSSR count). The number of aromatic nitrogens is 2. The maximum atomic E-state index is 4.74. The zero-order chi connectivity index (χ0) is 22.5. The first-order valence-corrected chi connectivity index (χ1v) is 11.5. The molecule has 2 aliphatic rings. The summed E-state index contributed by atoms with van der Waals surface area (Å²) in [5.74, 6) is 0.903. The Kier molecular flexibility index (Phi) is 4.18. The zero-order valence-electron chi connectivity index (χ0n) is 18.5. The lowest BCUT2D eigenvalue weighted by Gasteiger charge is -2.27. The van der Waals surface area contributed by atoms with Crippen molar-refractivity contribution in [2.45, 2.75) is 6.17 Å². The minimum absolute atomic E-state index is 0.0438. The van der Waals surface area contributed by atoms with Gasteiger partial charge in [0.25, 0.3) is 0 Å². The summed E-state index contributed by atoms with van der Waals surface area (Å²) in [5.41, 5.74) is 6.98. The molecule has 0 saturated heterocycles. The molecule has 0 bridgehead atoms. The van der Waals surface area contributed by atoms with Crippen molar-refractivity contribution in [2.24, 2.45) is 0 Å². The molecule has 4 heterocycles. The first kappa shape index (κ1) is 18.9. The van der Waals surface area contributed by atoms with Crippen molar-refractivity contribution in [3.05, 3.63) is 121 Å². The molecule has 4 heteroatoms. The average Bonchev–Trinajstić information content (AvgIpc) is 3.12. The van der Waals surface area contributed by atoms with Gasteiger partial charge in [0.05, 0.1) is 22.4 Å². The Morgan fingerprint density at radius 3 is 2.44 bits per heavy atom. The number of nitrogens with one attached hydrogen (secondary N) is 1. The number of fused-ring (bicyclic) bond motifs is 5. The Morgan fingerprint density at radius 1 is 0.706 bits per heavy atom. The normalized spacial score (nSPS) is 16.4. The van der Waals surface area contributed by atoms with Crippen LogP contribution in [0, 0.1) is 0 Å². The second kappa shape index (κ2) is 7.49. The standard InChI is InChI=1S/C30H22N4/c1-3-11-25-21(9-1)15-16-22-19-24-23-10-2-4-12-26(23)34(30-14-6-8-18-32-30)28(24)20-27(22)33(25)29-13-5-7-17-31-29/h1-20,30,32H. The van der Waals surface area contributed by atoms with Gasteiger partial charge in [-0.05, 0) is 65.9 Å². The fourth-order valence-electron chi connectivity index (χ4n) is 5.15. The molecule has 4 nitrogen and oxygen atoms in total. The first-order valence-electron chi connectivity index (χ1n) is 11.5. The number of rotatable bonds is 2. The third-order valence-corrected chi connectivity index (χ3v) is 6.64. The minimum Gasteiger partial charge on any atom is -0.368 e. The number of nitrogens with zero attached hydrogens (tertiary/aromatic N) is 3. The van der Waals surface area contributed by atoms with Crippen LogP contribution in [0.2, 0.25) is 0 Å². The highest BCUT2D eigenvalue weighted by molar-refractivity contribution is 6.11. The molecule has 3 aromatic carbocycles. The maximum Gasteiger partial charge on any atom is 0.137 e. The summed E-state index contributed by atoms with van der Waals surface area (Å²) in [5, 5.41) is 6.01. The molecule has 0 spiro atoms. The van der Waals surface area contributed by atoms with Crippen LogP contribution < -0.4 is 10.2 Å². The third-order valence-electron chi connectivity index (χ3n) is 6.64. The lowest BCUT2D eigenvalue weighted by molar-refractivity contribution is 0.578. The van der Waals surface area contributed by atoms with E-state index >= 15 is 0 Å². The van der Waals surface area contributed by atoms with Crippen molar-refractivity contribution in [3.8, 4) is 0 Å². The van der Waals surface area contributed by atoms with Crippen LogP contribution in [-0.2, 0) is 0 Å². The molecule has 0 saturated carbocycles. The van der Waals surface area contributed by atoms with Gasteiger partial charge in [-0.15, -0.1) is 0 Å². The molecule has 2 aromatic heterocycles. The van der Waals surface area contributed by atoms with E-state index in [0.29, 0.717) is 0 Å². The lowest BCUT2D eigenvalue weighted by atomic mass is 10.1. The van der Waals surface area contributed by atoms with E-state index in [9.17, 15) is 0 Å². The molecule has 1 N–H and O–H groups in total. The van der Waals surface area contributed by atoms with Crippen LogP contribution in [0.4, 0.5) is 17.2 Å². The smallest absolute Gasteiger partial charge is 0.137 e. The second-order valence-electron chi connectivity index (χ2n) is 8.59. The number of dihydropyridines is 1. The minimum atomic E-state index is 0.0438. The number of hydrogen-bond donors (Lipinski definition) is 1. The number of allylic oxidation sites excluding steroid dienone is 2. The van der Waals surface area contributed by atoms with E-state index in [1.165, 1.54) is 32.9 Å². The fraction of sp³-hybridized carbons (Fsp3) is 0.0333. The van der Waals surface area contributed by atoms with Crippen LogP contribution in [0.3, 0.4) is 0 Å². The maximum absolute atomic E-state index is 4.74. The molecule has 5 aromatic rings. The van der Waals surface area contributed by atoms with Gasteiger partial charge in [-0.25, -0.2) is 4.98 Å². The number of anilines is 3. The van der Waals surface area contributed by atoms with Gasteiger partial charge < -0.3 is 9.88 Å². The van der Waals surface area contributed by atoms with Gasteiger partial charge in [0.1, 0.15) is 12.0 Å². The molecule has 162 valence electrons. The van der Waals surface area contributed by atoms with E-state index in [0.717, 1.165) is 17.2 Å². The van der Waals surface area contributed by atoms with Crippen molar-refractivity contribution >= 4 is 51.2 Å². The van der Waals surface area contributed by atoms with Crippen LogP contribution in [0.15, 0.2) is 109 Å². The molecule has 2 aliphatic heterocycles. The largest absolute Gasteiger partial charge is 0.368 e. The Bertz CT molecular complexity index is 1640. The van der Waals surface area contributed by atoms with Crippen molar-refractivity contribution in [2.75, 3.05) is 4.90 Å². The summed E-state index contributed by atoms with van der Waals surface area (Å²) in [6.07, 6.45) is 14.7. The van der Waals surface area contributed by atoms with Crippen LogP contribution in [0.1, 0.15) is 17.3 Å². The van der Waals surface area contributed by atoms with Crippen LogP contribution >= 0.6 is 0 Å². The lowest BCUT2D eigenvalue weighted by Crippen LogP contribution is -2.21. The zero-order valence-corrected chi connectivity index (χ0v) is 18.5. The highest BCUT2D eigenvalue weighted by Gasteiger charge is 2.24. The number of pyridine rings is 1. The van der Waals surface area contributed by atoms with Gasteiger partial charge in [0, 0.05) is 17.0 Å². The molecule has 0 radical (unpaired) electrons. The Hall–Kier alpha value is -4.57. The van der Waals surface area contributed by atoms with Crippen molar-refractivity contribution in [1.82, 2.24) is 14.9 Å². The van der Waals surface area contributed by atoms with E-state index < -0.39 is 0 Å². The van der Waals surface area contributed by atoms with E-state index in [1.807, 2.05) is 30.6 Å². The molecular weight excluding hydrogens is 416 g/mol. The summed E-state index contributed by atoms with van der Waals surface area (Å²) >= 11 is 0. The number of para-hydroxylation sites is 2. The van der Waals surface area contributed by atoms with Gasteiger partial charge in [-0.2, -0.15) is 0 Å². The van der Waals surface area contributed by atoms with Gasteiger partial charge in [0.15, 0.2) is 0 Å². The summed E-state index contributed by atoms with van der Waals surface area (Å²) in [6, 6.07) is 27.9. The van der Waals surface area contributed by atoms with Crippen LogP contribution in [0.5, 0.6) is 0 Å². The van der Waals surface area contributed by atoms with Crippen LogP contribution in [0.25, 0.3) is 34.0 Å². The molecule has 1 atom stereocenters. The Labute approximate surface area is 197 Å². The topological polar surface area (TPSA) is 33.1 Å². The number of benzene rings is 3. The van der Waals surface area contributed by atoms with Gasteiger partial charge in [-0.1, -0.05) is 60.7 Å². The van der Waals surface area contributed by atoms with Gasteiger partial charge in [-0.3, -0.25) is 4.90 Å². The molecule has 34 heavy (non-hydrogen) atoms. The summed E-state index contributed by atoms with van der Waals surface area (Å²) in [4.78, 5) is 7.01. The highest BCUT2D eigenvalue weighted by Crippen LogP contribution is 2.44. The molecular formula is C30H22N4. The van der Waals surface area contributed by atoms with Crippen molar-refractivity contribution < 1.29 is 0 Å². The van der Waals surface area contributed by atoms with Crippen molar-refractivity contribution in [3.63, 3.8) is 0 Å². The Morgan fingerprint density at radius 2 is 1.56 bits per heavy atom. The van der Waals surface area contributed by atoms with Gasteiger partial charge in [0.2, 0.25) is 0 Å². The quantitative estimate of drug-likeness (QED) is 0.308. The Balaban J connectivity index is 1.57. The first-order chi connectivity index (χ1) is 16.9. The van der Waals surface area contributed by atoms with Crippen molar-refractivity contribution in [1.29, 1.82) is 0 Å². The predicted octanol–water partition coefficient (Wildman–Crippen LogP) is 7.31. The second-order valence-corrected chi connectivity index (χ2v) is 8.59. The highest BCUT2D eigenvalue weighted by atomic mass is 15.2. The van der Waals surface area contributed by atoms with E-state index in [4.69, 9.17) is 4.98 Å². The monoisotopic (exact) mass is 438 g/mol. The molecule has 0 aliphatic carbocycles. The summed E-state index contributed by atoms with van der Waals surface area (Å²) in [6.45, 7) is 0. The SMILES string of the molecule is C1=CNC(n2c3ccccc3c3cc4c(cc32)N(c2ccccn2)c2ccccc2C=C4)C=C1. The summed E-state index contributed by atoms with van der Waals surface area (Å²) in [7, 11) is 0. The predicted molar refractivity (Wildman–Crippen MR) is 141 cm³/mol. The van der Waals surface area contributed by atoms with E-state index in [1.54, 1.807) is 0 Å². The molecule has 1 unspecified atom stereocenters.